The Bertz CT molecular complexity index is 783. The zero-order valence-corrected chi connectivity index (χ0v) is 12.7. The van der Waals surface area contributed by atoms with Crippen molar-refractivity contribution < 1.29 is 4.79 Å². The number of rotatable bonds is 2. The Hall–Kier alpha value is -2.30. The number of nitrogens with zero attached hydrogens (tertiary/aromatic N) is 2. The van der Waals surface area contributed by atoms with E-state index < -0.39 is 0 Å². The normalized spacial score (nSPS) is 19.9. The van der Waals surface area contributed by atoms with Gasteiger partial charge in [-0.3, -0.25) is 4.79 Å². The molecule has 0 amide bonds. The molecule has 0 bridgehead atoms. The SMILES string of the molecule is Cc1ccc2nc(C3=C(N)N(C4CCCC4)CC3=O)[nH]c2c1. The molecule has 1 aromatic heterocycles. The Balaban J connectivity index is 1.76. The molecule has 2 heterocycles. The summed E-state index contributed by atoms with van der Waals surface area (Å²) >= 11 is 0. The van der Waals surface area contributed by atoms with Gasteiger partial charge < -0.3 is 15.6 Å². The molecule has 1 aliphatic heterocycles. The number of Topliss-reactive ketones (excluding diaryl/α,β-unsaturated/α-hetero) is 1. The van der Waals surface area contributed by atoms with E-state index in [9.17, 15) is 4.79 Å². The smallest absolute Gasteiger partial charge is 0.189 e. The van der Waals surface area contributed by atoms with Crippen molar-refractivity contribution in [2.75, 3.05) is 6.54 Å². The van der Waals surface area contributed by atoms with Crippen LogP contribution >= 0.6 is 0 Å². The van der Waals surface area contributed by atoms with Gasteiger partial charge in [-0.05, 0) is 37.5 Å². The maximum absolute atomic E-state index is 12.5. The standard InChI is InChI=1S/C17H20N4O/c1-10-6-7-12-13(8-10)20-17(19-12)15-14(22)9-21(16(15)18)11-4-2-3-5-11/h6-8,11H,2-5,9,18H2,1H3,(H,19,20). The molecule has 0 saturated heterocycles. The van der Waals surface area contributed by atoms with Crippen LogP contribution in [-0.4, -0.2) is 33.2 Å². The van der Waals surface area contributed by atoms with Crippen molar-refractivity contribution in [1.29, 1.82) is 0 Å². The molecule has 2 aromatic rings. The first-order chi connectivity index (χ1) is 10.6. The van der Waals surface area contributed by atoms with Gasteiger partial charge in [0.25, 0.3) is 0 Å². The molecule has 0 spiro atoms. The maximum atomic E-state index is 12.5. The molecule has 1 aromatic carbocycles. The Morgan fingerprint density at radius 2 is 2.09 bits per heavy atom. The molecule has 1 saturated carbocycles. The summed E-state index contributed by atoms with van der Waals surface area (Å²) in [5, 5.41) is 0. The number of imidazole rings is 1. The minimum Gasteiger partial charge on any atom is -0.385 e. The molecule has 4 rings (SSSR count). The van der Waals surface area contributed by atoms with E-state index in [-0.39, 0.29) is 5.78 Å². The van der Waals surface area contributed by atoms with Crippen molar-refractivity contribution in [3.63, 3.8) is 0 Å². The number of aromatic amines is 1. The van der Waals surface area contributed by atoms with Crippen LogP contribution in [0.1, 0.15) is 37.1 Å². The van der Waals surface area contributed by atoms with Gasteiger partial charge in [-0.1, -0.05) is 18.9 Å². The molecular weight excluding hydrogens is 276 g/mol. The molecule has 114 valence electrons. The monoisotopic (exact) mass is 296 g/mol. The Morgan fingerprint density at radius 1 is 1.32 bits per heavy atom. The Labute approximate surface area is 129 Å². The van der Waals surface area contributed by atoms with Crippen LogP contribution in [0.25, 0.3) is 16.6 Å². The molecular formula is C17H20N4O. The van der Waals surface area contributed by atoms with Crippen molar-refractivity contribution in [3.05, 3.63) is 35.4 Å². The van der Waals surface area contributed by atoms with Gasteiger partial charge in [0.05, 0.1) is 17.6 Å². The van der Waals surface area contributed by atoms with Gasteiger partial charge in [0.2, 0.25) is 0 Å². The first-order valence-electron chi connectivity index (χ1n) is 7.90. The van der Waals surface area contributed by atoms with Crippen LogP contribution in [-0.2, 0) is 4.79 Å². The molecule has 22 heavy (non-hydrogen) atoms. The summed E-state index contributed by atoms with van der Waals surface area (Å²) < 4.78 is 0. The van der Waals surface area contributed by atoms with E-state index in [1.54, 1.807) is 0 Å². The van der Waals surface area contributed by atoms with E-state index >= 15 is 0 Å². The Morgan fingerprint density at radius 3 is 2.86 bits per heavy atom. The van der Waals surface area contributed by atoms with Gasteiger partial charge in [-0.25, -0.2) is 4.98 Å². The van der Waals surface area contributed by atoms with E-state index in [0.717, 1.165) is 29.4 Å². The number of benzene rings is 1. The summed E-state index contributed by atoms with van der Waals surface area (Å²) in [5.41, 5.74) is 9.84. The minimum absolute atomic E-state index is 0.0696. The molecule has 1 aliphatic carbocycles. The van der Waals surface area contributed by atoms with E-state index in [1.165, 1.54) is 12.8 Å². The first kappa shape index (κ1) is 13.4. The summed E-state index contributed by atoms with van der Waals surface area (Å²) in [5.74, 6) is 1.26. The number of fused-ring (bicyclic) bond motifs is 1. The minimum atomic E-state index is 0.0696. The average Bonchev–Trinajstić information content (AvgIpc) is 3.17. The molecule has 5 heteroatoms. The number of hydrogen-bond donors (Lipinski definition) is 2. The third-order valence-corrected chi connectivity index (χ3v) is 4.80. The average molecular weight is 296 g/mol. The zero-order chi connectivity index (χ0) is 15.3. The lowest BCUT2D eigenvalue weighted by molar-refractivity contribution is -0.113. The number of ketones is 1. The molecule has 3 N–H and O–H groups in total. The molecule has 2 aliphatic rings. The van der Waals surface area contributed by atoms with E-state index in [2.05, 4.69) is 14.9 Å². The molecule has 0 atom stereocenters. The van der Waals surface area contributed by atoms with Crippen molar-refractivity contribution in [3.8, 4) is 0 Å². The Kier molecular flexibility index (Phi) is 2.96. The summed E-state index contributed by atoms with van der Waals surface area (Å²) in [6, 6.07) is 6.44. The van der Waals surface area contributed by atoms with Gasteiger partial charge in [-0.2, -0.15) is 0 Å². The van der Waals surface area contributed by atoms with Crippen LogP contribution in [0.3, 0.4) is 0 Å². The van der Waals surface area contributed by atoms with Crippen LogP contribution in [0.4, 0.5) is 0 Å². The van der Waals surface area contributed by atoms with Crippen molar-refractivity contribution in [1.82, 2.24) is 14.9 Å². The lowest BCUT2D eigenvalue weighted by atomic mass is 10.2. The summed E-state index contributed by atoms with van der Waals surface area (Å²) in [6.07, 6.45) is 4.70. The molecule has 0 radical (unpaired) electrons. The topological polar surface area (TPSA) is 75.0 Å². The maximum Gasteiger partial charge on any atom is 0.189 e. The van der Waals surface area contributed by atoms with Crippen LogP contribution in [0.2, 0.25) is 0 Å². The zero-order valence-electron chi connectivity index (χ0n) is 12.7. The number of aromatic nitrogens is 2. The van der Waals surface area contributed by atoms with Crippen molar-refractivity contribution >= 4 is 22.4 Å². The number of nitrogens with one attached hydrogen (secondary N) is 1. The van der Waals surface area contributed by atoms with Crippen LogP contribution in [0, 0.1) is 6.92 Å². The van der Waals surface area contributed by atoms with Gasteiger partial charge in [0, 0.05) is 6.04 Å². The highest BCUT2D eigenvalue weighted by molar-refractivity contribution is 6.23. The highest BCUT2D eigenvalue weighted by Gasteiger charge is 2.35. The second-order valence-corrected chi connectivity index (χ2v) is 6.36. The predicted octanol–water partition coefficient (Wildman–Crippen LogP) is 2.33. The number of carbonyl (C=O) groups excluding carboxylic acids is 1. The second kappa shape index (κ2) is 4.87. The summed E-state index contributed by atoms with van der Waals surface area (Å²) in [4.78, 5) is 22.3. The first-order valence-corrected chi connectivity index (χ1v) is 7.90. The number of H-pyrrole nitrogens is 1. The van der Waals surface area contributed by atoms with Crippen LogP contribution in [0.5, 0.6) is 0 Å². The van der Waals surface area contributed by atoms with Gasteiger partial charge in [0.15, 0.2) is 5.78 Å². The van der Waals surface area contributed by atoms with E-state index in [4.69, 9.17) is 5.73 Å². The van der Waals surface area contributed by atoms with Crippen LogP contribution < -0.4 is 5.73 Å². The largest absolute Gasteiger partial charge is 0.385 e. The fraction of sp³-hybridized carbons (Fsp3) is 0.412. The molecule has 1 fully saturated rings. The highest BCUT2D eigenvalue weighted by Crippen LogP contribution is 2.32. The highest BCUT2D eigenvalue weighted by atomic mass is 16.1. The number of carbonyl (C=O) groups is 1. The molecule has 0 unspecified atom stereocenters. The van der Waals surface area contributed by atoms with Gasteiger partial charge in [0.1, 0.15) is 17.2 Å². The fourth-order valence-electron chi connectivity index (χ4n) is 3.64. The second-order valence-electron chi connectivity index (χ2n) is 6.36. The number of hydrogen-bond acceptors (Lipinski definition) is 4. The number of nitrogens with two attached hydrogens (primary N) is 1. The van der Waals surface area contributed by atoms with E-state index in [1.807, 2.05) is 25.1 Å². The van der Waals surface area contributed by atoms with E-state index in [0.29, 0.717) is 29.8 Å². The third-order valence-electron chi connectivity index (χ3n) is 4.80. The third kappa shape index (κ3) is 2.00. The summed E-state index contributed by atoms with van der Waals surface area (Å²) in [7, 11) is 0. The lowest BCUT2D eigenvalue weighted by Gasteiger charge is -2.25. The lowest BCUT2D eigenvalue weighted by Crippen LogP contribution is -2.34. The fourth-order valence-corrected chi connectivity index (χ4v) is 3.64. The molecule has 5 nitrogen and oxygen atoms in total. The predicted molar refractivity (Wildman–Crippen MR) is 85.9 cm³/mol. The number of aryl methyl sites for hydroxylation is 1. The van der Waals surface area contributed by atoms with Crippen molar-refractivity contribution in [2.24, 2.45) is 5.73 Å². The van der Waals surface area contributed by atoms with Gasteiger partial charge >= 0.3 is 0 Å². The van der Waals surface area contributed by atoms with Crippen molar-refractivity contribution in [2.45, 2.75) is 38.6 Å². The van der Waals surface area contributed by atoms with Crippen LogP contribution in [0.15, 0.2) is 24.0 Å². The quantitative estimate of drug-likeness (QED) is 0.892. The van der Waals surface area contributed by atoms with Gasteiger partial charge in [-0.15, -0.1) is 0 Å². The summed E-state index contributed by atoms with van der Waals surface area (Å²) in [6.45, 7) is 2.43.